The van der Waals surface area contributed by atoms with E-state index in [9.17, 15) is 0 Å². The van der Waals surface area contributed by atoms with E-state index >= 15 is 0 Å². The lowest BCUT2D eigenvalue weighted by Crippen LogP contribution is -2.02. The Bertz CT molecular complexity index is 1630. The maximum atomic E-state index is 5.12. The molecule has 0 amide bonds. The Morgan fingerprint density at radius 2 is 0.643 bits per heavy atom. The first-order valence-corrected chi connectivity index (χ1v) is 14.3. The van der Waals surface area contributed by atoms with Crippen LogP contribution in [0.15, 0.2) is 168 Å². The molecular weight excluding hydrogens is 508 g/mol. The van der Waals surface area contributed by atoms with Gasteiger partial charge in [0.15, 0.2) is 0 Å². The molecule has 0 fully saturated rings. The predicted molar refractivity (Wildman–Crippen MR) is 178 cm³/mol. The monoisotopic (exact) mass is 540 g/mol. The molecule has 6 rings (SSSR count). The summed E-state index contributed by atoms with van der Waals surface area (Å²) in [6.45, 7) is 4.32. The number of aliphatic imine (C=N–C) groups is 2. The zero-order valence-corrected chi connectivity index (χ0v) is 23.9. The van der Waals surface area contributed by atoms with Crippen LogP contribution in [0.3, 0.4) is 0 Å². The number of benzene rings is 6. The van der Waals surface area contributed by atoms with Crippen LogP contribution in [0.25, 0.3) is 11.1 Å². The van der Waals surface area contributed by atoms with Crippen LogP contribution in [0.4, 0.5) is 11.4 Å². The molecule has 0 bridgehead atoms. The van der Waals surface area contributed by atoms with Crippen molar-refractivity contribution in [2.45, 2.75) is 13.8 Å². The third-order valence-electron chi connectivity index (χ3n) is 7.38. The highest BCUT2D eigenvalue weighted by Gasteiger charge is 2.11. The van der Waals surface area contributed by atoms with Gasteiger partial charge in [0, 0.05) is 22.3 Å². The van der Waals surface area contributed by atoms with E-state index in [4.69, 9.17) is 9.98 Å². The van der Waals surface area contributed by atoms with E-state index in [1.165, 1.54) is 22.3 Å². The maximum Gasteiger partial charge on any atom is 0.0781 e. The van der Waals surface area contributed by atoms with E-state index in [2.05, 4.69) is 147 Å². The smallest absolute Gasteiger partial charge is 0.0781 e. The van der Waals surface area contributed by atoms with E-state index in [0.29, 0.717) is 0 Å². The van der Waals surface area contributed by atoms with Crippen LogP contribution < -0.4 is 0 Å². The van der Waals surface area contributed by atoms with Gasteiger partial charge in [-0.2, -0.15) is 0 Å². The van der Waals surface area contributed by atoms with Crippen LogP contribution >= 0.6 is 0 Å². The van der Waals surface area contributed by atoms with Crippen molar-refractivity contribution in [1.29, 1.82) is 0 Å². The minimum atomic E-state index is 0.938. The maximum absolute atomic E-state index is 5.12. The van der Waals surface area contributed by atoms with Gasteiger partial charge in [-0.25, -0.2) is 9.98 Å². The second-order valence-electron chi connectivity index (χ2n) is 10.4. The molecule has 0 atom stereocenters. The van der Waals surface area contributed by atoms with Crippen molar-refractivity contribution in [3.8, 4) is 11.1 Å². The van der Waals surface area contributed by atoms with Crippen LogP contribution in [0, 0.1) is 13.8 Å². The lowest BCUT2D eigenvalue weighted by atomic mass is 9.95. The fourth-order valence-electron chi connectivity index (χ4n) is 5.27. The Morgan fingerprint density at radius 3 is 0.905 bits per heavy atom. The van der Waals surface area contributed by atoms with Crippen molar-refractivity contribution in [2.75, 3.05) is 0 Å². The molecule has 0 saturated heterocycles. The third kappa shape index (κ3) is 6.04. The predicted octanol–water partition coefficient (Wildman–Crippen LogP) is 10.3. The first-order valence-electron chi connectivity index (χ1n) is 14.3. The average molecular weight is 541 g/mol. The molecule has 0 N–H and O–H groups in total. The van der Waals surface area contributed by atoms with Crippen molar-refractivity contribution in [1.82, 2.24) is 0 Å². The van der Waals surface area contributed by atoms with Gasteiger partial charge in [-0.15, -0.1) is 0 Å². The van der Waals surface area contributed by atoms with Crippen molar-refractivity contribution in [3.05, 3.63) is 191 Å². The highest BCUT2D eigenvalue weighted by Crippen LogP contribution is 2.32. The summed E-state index contributed by atoms with van der Waals surface area (Å²) in [5.74, 6) is 0. The SMILES string of the molecule is Cc1cc(N=C(c2ccccc2)c2ccccc2)ccc1-c1ccc(N=C(c2ccccc2)c2ccccc2)cc1C. The number of aryl methyl sites for hydroxylation is 2. The quantitative estimate of drug-likeness (QED) is 0.180. The van der Waals surface area contributed by atoms with Crippen LogP contribution in [-0.4, -0.2) is 11.4 Å². The number of nitrogens with zero attached hydrogens (tertiary/aromatic N) is 2. The van der Waals surface area contributed by atoms with Gasteiger partial charge < -0.3 is 0 Å². The number of rotatable bonds is 7. The number of hydrogen-bond donors (Lipinski definition) is 0. The van der Waals surface area contributed by atoms with Crippen molar-refractivity contribution >= 4 is 22.8 Å². The Hall–Kier alpha value is -5.34. The first kappa shape index (κ1) is 26.9. The highest BCUT2D eigenvalue weighted by atomic mass is 14.8. The summed E-state index contributed by atoms with van der Waals surface area (Å²) in [6, 6.07) is 54.5. The van der Waals surface area contributed by atoms with Crippen LogP contribution in [-0.2, 0) is 0 Å². The summed E-state index contributed by atoms with van der Waals surface area (Å²) < 4.78 is 0. The molecule has 0 aliphatic carbocycles. The van der Waals surface area contributed by atoms with E-state index in [0.717, 1.165) is 45.1 Å². The lowest BCUT2D eigenvalue weighted by molar-refractivity contribution is 1.37. The second kappa shape index (κ2) is 12.4. The van der Waals surface area contributed by atoms with Gasteiger partial charge in [-0.05, 0) is 60.4 Å². The van der Waals surface area contributed by atoms with E-state index in [1.807, 2.05) is 24.3 Å². The molecule has 2 heteroatoms. The molecule has 2 nitrogen and oxygen atoms in total. The molecule has 0 heterocycles. The van der Waals surface area contributed by atoms with Crippen molar-refractivity contribution < 1.29 is 0 Å². The molecule has 0 spiro atoms. The highest BCUT2D eigenvalue weighted by molar-refractivity contribution is 6.14. The normalized spacial score (nSPS) is 10.6. The summed E-state index contributed by atoms with van der Waals surface area (Å²) in [5, 5.41) is 0. The molecule has 0 radical (unpaired) electrons. The standard InChI is InChI=1S/C40H32N2/c1-29-27-35(41-39(31-15-7-3-8-16-31)32-17-9-4-10-18-32)23-25-37(29)38-26-24-36(28-30(38)2)42-40(33-19-11-5-12-20-33)34-21-13-6-14-22-34/h3-28H,1-2H3. The topological polar surface area (TPSA) is 24.7 Å². The van der Waals surface area contributed by atoms with Gasteiger partial charge in [0.05, 0.1) is 22.8 Å². The molecule has 0 saturated carbocycles. The Balaban J connectivity index is 1.35. The fraction of sp³-hybridized carbons (Fsp3) is 0.0500. The molecule has 6 aromatic rings. The van der Waals surface area contributed by atoms with Crippen LogP contribution in [0.5, 0.6) is 0 Å². The van der Waals surface area contributed by atoms with Gasteiger partial charge in [-0.3, -0.25) is 0 Å². The van der Waals surface area contributed by atoms with Crippen LogP contribution in [0.1, 0.15) is 33.4 Å². The first-order chi connectivity index (χ1) is 20.7. The van der Waals surface area contributed by atoms with Gasteiger partial charge in [0.1, 0.15) is 0 Å². The van der Waals surface area contributed by atoms with Crippen molar-refractivity contribution in [2.24, 2.45) is 9.98 Å². The lowest BCUT2D eigenvalue weighted by Gasteiger charge is -2.13. The van der Waals surface area contributed by atoms with Gasteiger partial charge in [0.25, 0.3) is 0 Å². The second-order valence-corrected chi connectivity index (χ2v) is 10.4. The minimum absolute atomic E-state index is 0.938. The third-order valence-corrected chi connectivity index (χ3v) is 7.38. The molecule has 0 unspecified atom stereocenters. The Labute approximate surface area is 248 Å². The number of hydrogen-bond acceptors (Lipinski definition) is 2. The summed E-state index contributed by atoms with van der Waals surface area (Å²) in [6.07, 6.45) is 0. The van der Waals surface area contributed by atoms with E-state index in [-0.39, 0.29) is 0 Å². The molecule has 0 aliphatic rings. The Morgan fingerprint density at radius 1 is 0.357 bits per heavy atom. The molecule has 0 aliphatic heterocycles. The zero-order chi connectivity index (χ0) is 28.7. The van der Waals surface area contributed by atoms with Crippen molar-refractivity contribution in [3.63, 3.8) is 0 Å². The molecule has 42 heavy (non-hydrogen) atoms. The Kier molecular flexibility index (Phi) is 7.96. The minimum Gasteiger partial charge on any atom is -0.248 e. The van der Waals surface area contributed by atoms with Gasteiger partial charge in [-0.1, -0.05) is 133 Å². The molecule has 6 aromatic carbocycles. The van der Waals surface area contributed by atoms with Gasteiger partial charge in [0.2, 0.25) is 0 Å². The fourth-order valence-corrected chi connectivity index (χ4v) is 5.27. The summed E-state index contributed by atoms with van der Waals surface area (Å²) in [4.78, 5) is 10.2. The average Bonchev–Trinajstić information content (AvgIpc) is 3.05. The summed E-state index contributed by atoms with van der Waals surface area (Å²) in [7, 11) is 0. The molecule has 202 valence electrons. The van der Waals surface area contributed by atoms with E-state index < -0.39 is 0 Å². The summed E-state index contributed by atoms with van der Waals surface area (Å²) >= 11 is 0. The zero-order valence-electron chi connectivity index (χ0n) is 23.9. The molecular formula is C40H32N2. The van der Waals surface area contributed by atoms with E-state index in [1.54, 1.807) is 0 Å². The summed E-state index contributed by atoms with van der Waals surface area (Å²) in [5.41, 5.74) is 13.0. The molecule has 0 aromatic heterocycles. The van der Waals surface area contributed by atoms with Crippen LogP contribution in [0.2, 0.25) is 0 Å². The van der Waals surface area contributed by atoms with Gasteiger partial charge >= 0.3 is 0 Å². The largest absolute Gasteiger partial charge is 0.248 e.